The summed E-state index contributed by atoms with van der Waals surface area (Å²) in [6, 6.07) is 10.5. The van der Waals surface area contributed by atoms with Crippen molar-refractivity contribution < 1.29 is 8.78 Å². The van der Waals surface area contributed by atoms with E-state index in [0.29, 0.717) is 17.3 Å². The van der Waals surface area contributed by atoms with E-state index in [4.69, 9.17) is 0 Å². The summed E-state index contributed by atoms with van der Waals surface area (Å²) in [6.45, 7) is 4.24. The Bertz CT molecular complexity index is 758. The zero-order chi connectivity index (χ0) is 14.3. The van der Waals surface area contributed by atoms with Crippen molar-refractivity contribution in [1.29, 1.82) is 0 Å². The van der Waals surface area contributed by atoms with E-state index in [-0.39, 0.29) is 5.52 Å². The lowest BCUT2D eigenvalue weighted by atomic mass is 10.0. The van der Waals surface area contributed by atoms with Crippen LogP contribution in [0.15, 0.2) is 36.4 Å². The highest BCUT2D eigenvalue weighted by molar-refractivity contribution is 5.80. The molecule has 20 heavy (non-hydrogen) atoms. The molecule has 0 fully saturated rings. The molecule has 1 aromatic heterocycles. The second-order valence-corrected chi connectivity index (χ2v) is 5.12. The zero-order valence-electron chi connectivity index (χ0n) is 11.2. The van der Waals surface area contributed by atoms with Crippen LogP contribution in [0, 0.1) is 11.6 Å². The third kappa shape index (κ3) is 2.07. The van der Waals surface area contributed by atoms with Gasteiger partial charge in [-0.2, -0.15) is 0 Å². The SMILES string of the molecule is CC(C)c1ccc(-c2nc3c(F)c(F)ccc3[nH]2)cc1. The van der Waals surface area contributed by atoms with Gasteiger partial charge in [-0.25, -0.2) is 13.8 Å². The highest BCUT2D eigenvalue weighted by Gasteiger charge is 2.12. The number of fused-ring (bicyclic) bond motifs is 1. The summed E-state index contributed by atoms with van der Waals surface area (Å²) in [4.78, 5) is 7.16. The minimum absolute atomic E-state index is 0.0351. The molecular formula is C16H14F2N2. The fraction of sp³-hybridized carbons (Fsp3) is 0.188. The molecule has 2 nitrogen and oxygen atoms in total. The number of nitrogens with zero attached hydrogens (tertiary/aromatic N) is 1. The smallest absolute Gasteiger partial charge is 0.186 e. The summed E-state index contributed by atoms with van der Waals surface area (Å²) in [5, 5.41) is 0. The zero-order valence-corrected chi connectivity index (χ0v) is 11.2. The highest BCUT2D eigenvalue weighted by atomic mass is 19.2. The van der Waals surface area contributed by atoms with Crippen molar-refractivity contribution in [2.45, 2.75) is 19.8 Å². The molecule has 0 atom stereocenters. The van der Waals surface area contributed by atoms with E-state index < -0.39 is 11.6 Å². The maximum atomic E-state index is 13.6. The quantitative estimate of drug-likeness (QED) is 0.723. The molecule has 0 unspecified atom stereocenters. The molecule has 3 rings (SSSR count). The van der Waals surface area contributed by atoms with Gasteiger partial charge in [0.15, 0.2) is 11.6 Å². The van der Waals surface area contributed by atoms with Crippen molar-refractivity contribution in [3.05, 3.63) is 53.6 Å². The monoisotopic (exact) mass is 272 g/mol. The minimum Gasteiger partial charge on any atom is -0.338 e. The van der Waals surface area contributed by atoms with E-state index in [1.165, 1.54) is 11.6 Å². The van der Waals surface area contributed by atoms with Gasteiger partial charge in [-0.1, -0.05) is 38.1 Å². The van der Waals surface area contributed by atoms with Gasteiger partial charge in [-0.05, 0) is 23.6 Å². The van der Waals surface area contributed by atoms with Crippen LogP contribution in [0.5, 0.6) is 0 Å². The minimum atomic E-state index is -0.913. The number of hydrogen-bond donors (Lipinski definition) is 1. The van der Waals surface area contributed by atoms with Gasteiger partial charge in [0.25, 0.3) is 0 Å². The van der Waals surface area contributed by atoms with Crippen LogP contribution in [-0.2, 0) is 0 Å². The van der Waals surface area contributed by atoms with Crippen LogP contribution in [0.25, 0.3) is 22.4 Å². The molecule has 0 spiro atoms. The van der Waals surface area contributed by atoms with Crippen molar-refractivity contribution in [3.63, 3.8) is 0 Å². The first kappa shape index (κ1) is 12.8. The molecule has 3 aromatic rings. The number of aromatic amines is 1. The maximum absolute atomic E-state index is 13.6. The van der Waals surface area contributed by atoms with Gasteiger partial charge in [-0.3, -0.25) is 0 Å². The molecule has 0 amide bonds. The number of aromatic nitrogens is 2. The number of benzene rings is 2. The van der Waals surface area contributed by atoms with Crippen LogP contribution in [0.3, 0.4) is 0 Å². The molecule has 0 aliphatic rings. The predicted octanol–water partition coefficient (Wildman–Crippen LogP) is 4.63. The molecule has 0 aliphatic heterocycles. The van der Waals surface area contributed by atoms with Gasteiger partial charge in [0.1, 0.15) is 11.3 Å². The van der Waals surface area contributed by atoms with Crippen molar-refractivity contribution in [3.8, 4) is 11.4 Å². The molecule has 0 aliphatic carbocycles. The van der Waals surface area contributed by atoms with Crippen LogP contribution in [0.2, 0.25) is 0 Å². The van der Waals surface area contributed by atoms with Crippen molar-refractivity contribution in [2.24, 2.45) is 0 Å². The summed E-state index contributed by atoms with van der Waals surface area (Å²) in [5.41, 5.74) is 2.60. The first-order chi connectivity index (χ1) is 9.56. The Morgan fingerprint density at radius 1 is 1.00 bits per heavy atom. The van der Waals surface area contributed by atoms with E-state index in [0.717, 1.165) is 11.6 Å². The molecular weight excluding hydrogens is 258 g/mol. The number of H-pyrrole nitrogens is 1. The Morgan fingerprint density at radius 2 is 1.70 bits per heavy atom. The standard InChI is InChI=1S/C16H14F2N2/c1-9(2)10-3-5-11(6-4-10)16-19-13-8-7-12(17)14(18)15(13)20-16/h3-9H,1-2H3,(H,19,20). The summed E-state index contributed by atoms with van der Waals surface area (Å²) >= 11 is 0. The number of rotatable bonds is 2. The Hall–Kier alpha value is -2.23. The molecule has 0 radical (unpaired) electrons. The molecule has 102 valence electrons. The lowest BCUT2D eigenvalue weighted by Gasteiger charge is -2.05. The Labute approximate surface area is 115 Å². The van der Waals surface area contributed by atoms with Crippen molar-refractivity contribution >= 4 is 11.0 Å². The average molecular weight is 272 g/mol. The highest BCUT2D eigenvalue weighted by Crippen LogP contribution is 2.25. The largest absolute Gasteiger partial charge is 0.338 e. The van der Waals surface area contributed by atoms with Crippen LogP contribution in [-0.4, -0.2) is 9.97 Å². The van der Waals surface area contributed by atoms with Gasteiger partial charge in [0.05, 0.1) is 5.52 Å². The molecule has 1 N–H and O–H groups in total. The molecule has 1 heterocycles. The summed E-state index contributed by atoms with van der Waals surface area (Å²) in [6.07, 6.45) is 0. The van der Waals surface area contributed by atoms with Gasteiger partial charge < -0.3 is 4.98 Å². The maximum Gasteiger partial charge on any atom is 0.186 e. The molecule has 0 saturated carbocycles. The Kier molecular flexibility index (Phi) is 3.01. The van der Waals surface area contributed by atoms with Crippen LogP contribution in [0.4, 0.5) is 8.78 Å². The normalized spacial score (nSPS) is 11.4. The second kappa shape index (κ2) is 4.71. The predicted molar refractivity (Wildman–Crippen MR) is 75.5 cm³/mol. The first-order valence-electron chi connectivity index (χ1n) is 6.50. The molecule has 0 bridgehead atoms. The first-order valence-corrected chi connectivity index (χ1v) is 6.50. The van der Waals surface area contributed by atoms with Gasteiger partial charge in [0, 0.05) is 5.56 Å². The van der Waals surface area contributed by atoms with Crippen LogP contribution in [0.1, 0.15) is 25.3 Å². The summed E-state index contributed by atoms with van der Waals surface area (Å²) in [5.74, 6) is -0.805. The van der Waals surface area contributed by atoms with E-state index in [1.807, 2.05) is 24.3 Å². The topological polar surface area (TPSA) is 28.7 Å². The third-order valence-electron chi connectivity index (χ3n) is 3.40. The van der Waals surface area contributed by atoms with Gasteiger partial charge >= 0.3 is 0 Å². The molecule has 4 heteroatoms. The fourth-order valence-electron chi connectivity index (χ4n) is 2.18. The van der Waals surface area contributed by atoms with E-state index in [2.05, 4.69) is 23.8 Å². The number of imidazole rings is 1. The lowest BCUT2D eigenvalue weighted by molar-refractivity contribution is 0.515. The van der Waals surface area contributed by atoms with E-state index in [1.54, 1.807) is 0 Å². The molecule has 2 aromatic carbocycles. The summed E-state index contributed by atoms with van der Waals surface area (Å²) < 4.78 is 26.8. The van der Waals surface area contributed by atoms with Crippen LogP contribution < -0.4 is 0 Å². The molecule has 0 saturated heterocycles. The van der Waals surface area contributed by atoms with Gasteiger partial charge in [0.2, 0.25) is 0 Å². The Morgan fingerprint density at radius 3 is 2.35 bits per heavy atom. The fourth-order valence-corrected chi connectivity index (χ4v) is 2.18. The lowest BCUT2D eigenvalue weighted by Crippen LogP contribution is -1.87. The number of halogens is 2. The van der Waals surface area contributed by atoms with Crippen LogP contribution >= 0.6 is 0 Å². The number of hydrogen-bond acceptors (Lipinski definition) is 1. The van der Waals surface area contributed by atoms with Gasteiger partial charge in [-0.15, -0.1) is 0 Å². The van der Waals surface area contributed by atoms with Crippen molar-refractivity contribution in [1.82, 2.24) is 9.97 Å². The Balaban J connectivity index is 2.08. The summed E-state index contributed by atoms with van der Waals surface area (Å²) in [7, 11) is 0. The third-order valence-corrected chi connectivity index (χ3v) is 3.40. The second-order valence-electron chi connectivity index (χ2n) is 5.12. The van der Waals surface area contributed by atoms with E-state index >= 15 is 0 Å². The van der Waals surface area contributed by atoms with E-state index in [9.17, 15) is 8.78 Å². The number of nitrogens with one attached hydrogen (secondary N) is 1. The van der Waals surface area contributed by atoms with Crippen molar-refractivity contribution in [2.75, 3.05) is 0 Å². The average Bonchev–Trinajstić information content (AvgIpc) is 2.88.